The summed E-state index contributed by atoms with van der Waals surface area (Å²) in [6.45, 7) is 5.45. The average Bonchev–Trinajstić information content (AvgIpc) is 2.38. The van der Waals surface area contributed by atoms with E-state index in [0.29, 0.717) is 13.1 Å². The van der Waals surface area contributed by atoms with Gasteiger partial charge in [0.15, 0.2) is 0 Å². The van der Waals surface area contributed by atoms with Crippen molar-refractivity contribution in [2.75, 3.05) is 32.8 Å². The second-order valence-electron chi connectivity index (χ2n) is 4.42. The highest BCUT2D eigenvalue weighted by atomic mass is 31.2. The Hall–Kier alpha value is -0.0100. The third kappa shape index (κ3) is 26.5. The van der Waals surface area contributed by atoms with Crippen molar-refractivity contribution < 1.29 is 18.9 Å². The SMILES string of the molecule is CCCCCCCCOP(=O)(O)O.NCCNCCN. The molecule has 7 N–H and O–H groups in total. The van der Waals surface area contributed by atoms with Gasteiger partial charge >= 0.3 is 7.82 Å². The topological polar surface area (TPSA) is 131 Å². The van der Waals surface area contributed by atoms with Crippen LogP contribution in [0.1, 0.15) is 45.4 Å². The van der Waals surface area contributed by atoms with E-state index in [0.717, 1.165) is 32.4 Å². The minimum atomic E-state index is -4.23. The lowest BCUT2D eigenvalue weighted by molar-refractivity contribution is 0.193. The number of hydrogen-bond donors (Lipinski definition) is 5. The van der Waals surface area contributed by atoms with Gasteiger partial charge in [-0.25, -0.2) is 4.57 Å². The van der Waals surface area contributed by atoms with Gasteiger partial charge in [-0.15, -0.1) is 0 Å². The minimum absolute atomic E-state index is 0.163. The highest BCUT2D eigenvalue weighted by molar-refractivity contribution is 7.46. The van der Waals surface area contributed by atoms with Gasteiger partial charge in [-0.05, 0) is 6.42 Å². The Morgan fingerprint density at radius 2 is 1.50 bits per heavy atom. The summed E-state index contributed by atoms with van der Waals surface area (Å²) < 4.78 is 14.5. The molecule has 7 nitrogen and oxygen atoms in total. The molecule has 0 aromatic carbocycles. The Balaban J connectivity index is 0. The summed E-state index contributed by atoms with van der Waals surface area (Å²) in [7, 11) is -4.23. The number of phosphoric ester groups is 1. The molecular formula is C12H32N3O4P. The van der Waals surface area contributed by atoms with Crippen LogP contribution >= 0.6 is 7.82 Å². The van der Waals surface area contributed by atoms with Crippen molar-refractivity contribution in [3.63, 3.8) is 0 Å². The van der Waals surface area contributed by atoms with Gasteiger partial charge in [0.25, 0.3) is 0 Å². The van der Waals surface area contributed by atoms with Gasteiger partial charge in [-0.3, -0.25) is 4.52 Å². The molecule has 0 radical (unpaired) electrons. The largest absolute Gasteiger partial charge is 0.469 e. The van der Waals surface area contributed by atoms with Gasteiger partial charge in [-0.2, -0.15) is 0 Å². The molecule has 0 amide bonds. The third-order valence-corrected chi connectivity index (χ3v) is 2.92. The van der Waals surface area contributed by atoms with Crippen LogP contribution < -0.4 is 16.8 Å². The molecule has 0 heterocycles. The molecule has 0 aliphatic carbocycles. The molecule has 0 aliphatic heterocycles. The summed E-state index contributed by atoms with van der Waals surface area (Å²) in [5.74, 6) is 0. The first kappa shape index (κ1) is 22.3. The average molecular weight is 313 g/mol. The van der Waals surface area contributed by atoms with E-state index >= 15 is 0 Å². The third-order valence-electron chi connectivity index (χ3n) is 2.40. The molecule has 20 heavy (non-hydrogen) atoms. The van der Waals surface area contributed by atoms with Crippen molar-refractivity contribution >= 4 is 7.82 Å². The number of rotatable bonds is 12. The van der Waals surface area contributed by atoms with Gasteiger partial charge in [0.2, 0.25) is 0 Å². The first-order valence-electron chi connectivity index (χ1n) is 7.28. The fourth-order valence-electron chi connectivity index (χ4n) is 1.39. The normalized spacial score (nSPS) is 11.1. The maximum Gasteiger partial charge on any atom is 0.469 e. The molecule has 0 atom stereocenters. The van der Waals surface area contributed by atoms with Crippen LogP contribution in [0.5, 0.6) is 0 Å². The van der Waals surface area contributed by atoms with Crippen molar-refractivity contribution in [1.29, 1.82) is 0 Å². The number of hydrogen-bond acceptors (Lipinski definition) is 5. The molecule has 0 aromatic rings. The summed E-state index contributed by atoms with van der Waals surface area (Å²) in [6.07, 6.45) is 6.48. The lowest BCUT2D eigenvalue weighted by atomic mass is 10.1. The molecular weight excluding hydrogens is 281 g/mol. The second kappa shape index (κ2) is 17.0. The standard InChI is InChI=1S/C8H19O4P.C4H13N3/c1-2-3-4-5-6-7-8-12-13(9,10)11;5-1-3-7-4-2-6/h2-8H2,1H3,(H2,9,10,11);7H,1-6H2. The van der Waals surface area contributed by atoms with Crippen molar-refractivity contribution in [3.8, 4) is 0 Å². The zero-order valence-corrected chi connectivity index (χ0v) is 13.5. The Bertz CT molecular complexity index is 223. The van der Waals surface area contributed by atoms with Crippen LogP contribution in [-0.4, -0.2) is 42.6 Å². The van der Waals surface area contributed by atoms with Crippen LogP contribution in [-0.2, 0) is 9.09 Å². The molecule has 0 aliphatic rings. The summed E-state index contributed by atoms with van der Waals surface area (Å²) in [5.41, 5.74) is 10.3. The van der Waals surface area contributed by atoms with E-state index < -0.39 is 7.82 Å². The molecule has 0 saturated heterocycles. The number of unbranched alkanes of at least 4 members (excludes halogenated alkanes) is 5. The van der Waals surface area contributed by atoms with Crippen molar-refractivity contribution in [2.45, 2.75) is 45.4 Å². The minimum Gasteiger partial charge on any atom is -0.329 e. The molecule has 8 heteroatoms. The maximum absolute atomic E-state index is 10.2. The van der Waals surface area contributed by atoms with Crippen LogP contribution in [0.15, 0.2) is 0 Å². The van der Waals surface area contributed by atoms with Gasteiger partial charge in [0.05, 0.1) is 6.61 Å². The van der Waals surface area contributed by atoms with E-state index in [9.17, 15) is 4.57 Å². The van der Waals surface area contributed by atoms with E-state index in [1.165, 1.54) is 19.3 Å². The Morgan fingerprint density at radius 1 is 1.00 bits per heavy atom. The summed E-state index contributed by atoms with van der Waals surface area (Å²) >= 11 is 0. The van der Waals surface area contributed by atoms with Gasteiger partial charge in [-0.1, -0.05) is 39.0 Å². The van der Waals surface area contributed by atoms with Crippen molar-refractivity contribution in [2.24, 2.45) is 11.5 Å². The fourth-order valence-corrected chi connectivity index (χ4v) is 1.76. The zero-order valence-electron chi connectivity index (χ0n) is 12.6. The predicted molar refractivity (Wildman–Crippen MR) is 82.4 cm³/mol. The molecule has 0 fully saturated rings. The van der Waals surface area contributed by atoms with E-state index in [2.05, 4.69) is 16.8 Å². The summed E-state index contributed by atoms with van der Waals surface area (Å²) in [6, 6.07) is 0. The molecule has 0 aromatic heterocycles. The monoisotopic (exact) mass is 313 g/mol. The molecule has 0 bridgehead atoms. The number of nitrogens with one attached hydrogen (secondary N) is 1. The summed E-state index contributed by atoms with van der Waals surface area (Å²) in [5, 5.41) is 3.03. The van der Waals surface area contributed by atoms with Gasteiger partial charge in [0, 0.05) is 26.2 Å². The molecule has 0 rings (SSSR count). The maximum atomic E-state index is 10.2. The molecule has 0 spiro atoms. The molecule has 0 unspecified atom stereocenters. The van der Waals surface area contributed by atoms with Crippen molar-refractivity contribution in [1.82, 2.24) is 5.32 Å². The van der Waals surface area contributed by atoms with Gasteiger partial charge in [0.1, 0.15) is 0 Å². The van der Waals surface area contributed by atoms with Crippen LogP contribution in [0.4, 0.5) is 0 Å². The lowest BCUT2D eigenvalue weighted by Gasteiger charge is -2.04. The number of phosphoric acid groups is 1. The van der Waals surface area contributed by atoms with E-state index in [1.807, 2.05) is 0 Å². The lowest BCUT2D eigenvalue weighted by Crippen LogP contribution is -2.27. The Labute approximate surface area is 122 Å². The number of nitrogens with two attached hydrogens (primary N) is 2. The molecule has 124 valence electrons. The smallest absolute Gasteiger partial charge is 0.329 e. The van der Waals surface area contributed by atoms with E-state index in [4.69, 9.17) is 21.3 Å². The van der Waals surface area contributed by atoms with Crippen molar-refractivity contribution in [3.05, 3.63) is 0 Å². The van der Waals surface area contributed by atoms with Gasteiger partial charge < -0.3 is 26.6 Å². The Kier molecular flexibility index (Phi) is 19.0. The predicted octanol–water partition coefficient (Wildman–Crippen LogP) is 0.950. The van der Waals surface area contributed by atoms with E-state index in [-0.39, 0.29) is 6.61 Å². The zero-order chi connectivity index (χ0) is 15.7. The second-order valence-corrected chi connectivity index (χ2v) is 5.66. The van der Waals surface area contributed by atoms with Crippen LogP contribution in [0.2, 0.25) is 0 Å². The highest BCUT2D eigenvalue weighted by Gasteiger charge is 2.12. The fraction of sp³-hybridized carbons (Fsp3) is 1.00. The first-order chi connectivity index (χ1) is 9.47. The van der Waals surface area contributed by atoms with Crippen LogP contribution in [0.25, 0.3) is 0 Å². The molecule has 0 saturated carbocycles. The highest BCUT2D eigenvalue weighted by Crippen LogP contribution is 2.35. The van der Waals surface area contributed by atoms with Crippen LogP contribution in [0.3, 0.4) is 0 Å². The van der Waals surface area contributed by atoms with E-state index in [1.54, 1.807) is 0 Å². The Morgan fingerprint density at radius 3 is 1.95 bits per heavy atom. The quantitative estimate of drug-likeness (QED) is 0.268. The first-order valence-corrected chi connectivity index (χ1v) is 8.81. The van der Waals surface area contributed by atoms with Crippen LogP contribution in [0, 0.1) is 0 Å². The summed E-state index contributed by atoms with van der Waals surface area (Å²) in [4.78, 5) is 16.7.